The third kappa shape index (κ3) is 3.38. The van der Waals surface area contributed by atoms with Crippen LogP contribution >= 0.6 is 11.5 Å². The van der Waals surface area contributed by atoms with Gasteiger partial charge in [-0.15, -0.1) is 5.10 Å². The topological polar surface area (TPSA) is 83.5 Å². The fourth-order valence-electron chi connectivity index (χ4n) is 2.94. The van der Waals surface area contributed by atoms with Gasteiger partial charge in [0.25, 0.3) is 5.91 Å². The van der Waals surface area contributed by atoms with Gasteiger partial charge in [-0.1, -0.05) is 4.49 Å². The maximum absolute atomic E-state index is 13.4. The molecule has 0 aromatic carbocycles. The van der Waals surface area contributed by atoms with Crippen LogP contribution in [0.1, 0.15) is 34.1 Å². The van der Waals surface area contributed by atoms with Crippen molar-refractivity contribution in [2.24, 2.45) is 5.92 Å². The van der Waals surface area contributed by atoms with Gasteiger partial charge >= 0.3 is 6.18 Å². The quantitative estimate of drug-likeness (QED) is 0.764. The molecule has 0 radical (unpaired) electrons. The van der Waals surface area contributed by atoms with Crippen molar-refractivity contribution in [3.8, 4) is 0 Å². The van der Waals surface area contributed by atoms with Gasteiger partial charge < -0.3 is 4.90 Å². The summed E-state index contributed by atoms with van der Waals surface area (Å²) in [6.45, 7) is -1.17. The summed E-state index contributed by atoms with van der Waals surface area (Å²) in [7, 11) is -1.79. The number of hydrogen-bond donors (Lipinski definition) is 0. The van der Waals surface area contributed by atoms with E-state index < -0.39 is 46.4 Å². The SMILES string of the molecule is CN(C)S(=O)(=O)[C@@H]1CN(C(=O)c2snnc2C2CC2)C[C@H]1C(F)(F)F. The van der Waals surface area contributed by atoms with Crippen molar-refractivity contribution in [2.75, 3.05) is 27.2 Å². The molecule has 25 heavy (non-hydrogen) atoms. The van der Waals surface area contributed by atoms with Crippen LogP contribution in [-0.4, -0.2) is 71.7 Å². The highest BCUT2D eigenvalue weighted by Crippen LogP contribution is 2.43. The molecule has 0 spiro atoms. The third-order valence-corrected chi connectivity index (χ3v) is 7.53. The van der Waals surface area contributed by atoms with E-state index in [2.05, 4.69) is 9.59 Å². The molecule has 0 N–H and O–H groups in total. The van der Waals surface area contributed by atoms with E-state index in [4.69, 9.17) is 0 Å². The van der Waals surface area contributed by atoms with Gasteiger partial charge in [0, 0.05) is 33.1 Å². The van der Waals surface area contributed by atoms with E-state index in [1.54, 1.807) is 0 Å². The Morgan fingerprint density at radius 2 is 1.92 bits per heavy atom. The third-order valence-electron chi connectivity index (χ3n) is 4.54. The molecule has 1 aromatic rings. The van der Waals surface area contributed by atoms with E-state index in [0.29, 0.717) is 5.69 Å². The van der Waals surface area contributed by atoms with E-state index in [1.807, 2.05) is 0 Å². The smallest absolute Gasteiger partial charge is 0.336 e. The number of carbonyl (C=O) groups excluding carboxylic acids is 1. The molecule has 7 nitrogen and oxygen atoms in total. The van der Waals surface area contributed by atoms with Gasteiger partial charge in [0.15, 0.2) is 0 Å². The first-order valence-electron chi connectivity index (χ1n) is 7.63. The van der Waals surface area contributed by atoms with Gasteiger partial charge in [-0.2, -0.15) is 13.2 Å². The van der Waals surface area contributed by atoms with Crippen LogP contribution in [0.3, 0.4) is 0 Å². The molecule has 2 fully saturated rings. The molecule has 1 saturated heterocycles. The lowest BCUT2D eigenvalue weighted by molar-refractivity contribution is -0.169. The second-order valence-corrected chi connectivity index (χ2v) is 9.61. The monoisotopic (exact) mass is 398 g/mol. The number of nitrogens with zero attached hydrogens (tertiary/aromatic N) is 4. The number of carbonyl (C=O) groups is 1. The van der Waals surface area contributed by atoms with Crippen LogP contribution in [0.25, 0.3) is 0 Å². The zero-order chi connectivity index (χ0) is 18.6. The van der Waals surface area contributed by atoms with Crippen LogP contribution in [0, 0.1) is 5.92 Å². The Labute approximate surface area is 147 Å². The van der Waals surface area contributed by atoms with Crippen molar-refractivity contribution in [3.63, 3.8) is 0 Å². The van der Waals surface area contributed by atoms with E-state index in [0.717, 1.165) is 33.6 Å². The Kier molecular flexibility index (Phi) is 4.57. The first-order valence-corrected chi connectivity index (χ1v) is 9.90. The molecule has 140 valence electrons. The first-order chi connectivity index (χ1) is 11.5. The van der Waals surface area contributed by atoms with Crippen LogP contribution in [0.4, 0.5) is 13.2 Å². The number of amides is 1. The fraction of sp³-hybridized carbons (Fsp3) is 0.769. The summed E-state index contributed by atoms with van der Waals surface area (Å²) in [4.78, 5) is 13.8. The van der Waals surface area contributed by atoms with Gasteiger partial charge in [-0.3, -0.25) is 4.79 Å². The minimum absolute atomic E-state index is 0.125. The van der Waals surface area contributed by atoms with E-state index >= 15 is 0 Å². The summed E-state index contributed by atoms with van der Waals surface area (Å²) >= 11 is 0.843. The van der Waals surface area contributed by atoms with Crippen LogP contribution < -0.4 is 0 Å². The number of hydrogen-bond acceptors (Lipinski definition) is 6. The first kappa shape index (κ1) is 18.5. The number of aromatic nitrogens is 2. The molecular weight excluding hydrogens is 381 g/mol. The van der Waals surface area contributed by atoms with Crippen molar-refractivity contribution >= 4 is 27.5 Å². The molecule has 2 heterocycles. The van der Waals surface area contributed by atoms with Gasteiger partial charge in [-0.25, -0.2) is 12.7 Å². The number of alkyl halides is 3. The average Bonchev–Trinajstić information content (AvgIpc) is 3.06. The summed E-state index contributed by atoms with van der Waals surface area (Å²) in [5.74, 6) is -2.61. The maximum atomic E-state index is 13.4. The van der Waals surface area contributed by atoms with Gasteiger partial charge in [0.1, 0.15) is 10.1 Å². The number of likely N-dealkylation sites (tertiary alicyclic amines) is 1. The van der Waals surface area contributed by atoms with Gasteiger partial charge in [0.2, 0.25) is 10.0 Å². The molecule has 2 atom stereocenters. The van der Waals surface area contributed by atoms with Gasteiger partial charge in [-0.05, 0) is 24.4 Å². The van der Waals surface area contributed by atoms with Crippen molar-refractivity contribution < 1.29 is 26.4 Å². The number of sulfonamides is 1. The van der Waals surface area contributed by atoms with E-state index in [1.165, 1.54) is 14.1 Å². The molecule has 1 aliphatic carbocycles. The minimum Gasteiger partial charge on any atom is -0.336 e. The highest BCUT2D eigenvalue weighted by Gasteiger charge is 2.56. The Hall–Kier alpha value is -1.27. The normalized spacial score (nSPS) is 25.0. The molecule has 0 unspecified atom stereocenters. The number of halogens is 3. The predicted octanol–water partition coefficient (Wildman–Crippen LogP) is 1.31. The largest absolute Gasteiger partial charge is 0.394 e. The molecule has 0 bridgehead atoms. The second kappa shape index (κ2) is 6.16. The molecule has 3 rings (SSSR count). The Bertz CT molecular complexity index is 774. The lowest BCUT2D eigenvalue weighted by Crippen LogP contribution is -2.43. The summed E-state index contributed by atoms with van der Waals surface area (Å²) in [6, 6.07) is 0. The summed E-state index contributed by atoms with van der Waals surface area (Å²) in [6.07, 6.45) is -2.98. The number of rotatable bonds is 4. The lowest BCUT2D eigenvalue weighted by Gasteiger charge is -2.23. The Morgan fingerprint density at radius 1 is 1.28 bits per heavy atom. The van der Waals surface area contributed by atoms with Crippen molar-refractivity contribution in [1.82, 2.24) is 18.8 Å². The van der Waals surface area contributed by atoms with Crippen LogP contribution in [-0.2, 0) is 10.0 Å². The Balaban J connectivity index is 1.89. The average molecular weight is 398 g/mol. The predicted molar refractivity (Wildman–Crippen MR) is 83.7 cm³/mol. The fourth-order valence-corrected chi connectivity index (χ4v) is 5.22. The highest BCUT2D eigenvalue weighted by atomic mass is 32.2. The summed E-state index contributed by atoms with van der Waals surface area (Å²) < 4.78 is 69.2. The lowest BCUT2D eigenvalue weighted by atomic mass is 10.1. The summed E-state index contributed by atoms with van der Waals surface area (Å²) in [5.41, 5.74) is 0.512. The van der Waals surface area contributed by atoms with Crippen LogP contribution in [0.5, 0.6) is 0 Å². The van der Waals surface area contributed by atoms with E-state index in [-0.39, 0.29) is 10.8 Å². The maximum Gasteiger partial charge on any atom is 0.394 e. The van der Waals surface area contributed by atoms with Crippen molar-refractivity contribution in [3.05, 3.63) is 10.6 Å². The highest BCUT2D eigenvalue weighted by molar-refractivity contribution is 7.89. The standard InChI is InChI=1S/C13H17F3N4O3S2/c1-19(2)25(22,23)9-6-20(5-8(9)13(14,15)16)12(21)11-10(7-3-4-7)17-18-24-11/h7-9H,3-6H2,1-2H3/t8-,9-/m1/s1. The second-order valence-electron chi connectivity index (χ2n) is 6.49. The van der Waals surface area contributed by atoms with Crippen molar-refractivity contribution in [1.29, 1.82) is 0 Å². The molecule has 12 heteroatoms. The summed E-state index contributed by atoms with van der Waals surface area (Å²) in [5, 5.41) is 2.20. The van der Waals surface area contributed by atoms with Crippen molar-refractivity contribution in [2.45, 2.75) is 30.2 Å². The Morgan fingerprint density at radius 3 is 2.44 bits per heavy atom. The zero-order valence-corrected chi connectivity index (χ0v) is 15.2. The zero-order valence-electron chi connectivity index (χ0n) is 13.5. The van der Waals surface area contributed by atoms with Crippen LogP contribution in [0.15, 0.2) is 0 Å². The van der Waals surface area contributed by atoms with Crippen LogP contribution in [0.2, 0.25) is 0 Å². The molecule has 1 saturated carbocycles. The molecule has 2 aliphatic rings. The van der Waals surface area contributed by atoms with Gasteiger partial charge in [0.05, 0.1) is 11.6 Å². The molecule has 1 aliphatic heterocycles. The molecule has 1 amide bonds. The molecule has 1 aromatic heterocycles. The van der Waals surface area contributed by atoms with E-state index in [9.17, 15) is 26.4 Å². The molecular formula is C13H17F3N4O3S2. The minimum atomic E-state index is -4.71.